The molecule has 0 bridgehead atoms. The molecule has 3 heterocycles. The summed E-state index contributed by atoms with van der Waals surface area (Å²) in [7, 11) is 2.21. The van der Waals surface area contributed by atoms with E-state index in [0.717, 1.165) is 32.4 Å². The van der Waals surface area contributed by atoms with Crippen molar-refractivity contribution in [2.75, 3.05) is 26.7 Å². The van der Waals surface area contributed by atoms with Crippen LogP contribution in [-0.2, 0) is 9.53 Å². The van der Waals surface area contributed by atoms with Gasteiger partial charge in [0.05, 0.1) is 6.10 Å². The molecular formula is C16H28N2O2. The minimum atomic E-state index is 0.342. The number of carbonyl (C=O) groups excluding carboxylic acids is 1. The van der Waals surface area contributed by atoms with Gasteiger partial charge in [0.1, 0.15) is 0 Å². The Kier molecular flexibility index (Phi) is 4.61. The van der Waals surface area contributed by atoms with Gasteiger partial charge in [-0.3, -0.25) is 4.79 Å². The summed E-state index contributed by atoms with van der Waals surface area (Å²) >= 11 is 0. The number of carbonyl (C=O) groups is 1. The summed E-state index contributed by atoms with van der Waals surface area (Å²) in [6.45, 7) is 3.05. The summed E-state index contributed by atoms with van der Waals surface area (Å²) in [6, 6.07) is 1.07. The maximum atomic E-state index is 12.5. The Labute approximate surface area is 122 Å². The lowest BCUT2D eigenvalue weighted by Crippen LogP contribution is -2.47. The Morgan fingerprint density at radius 1 is 1.10 bits per heavy atom. The molecule has 0 N–H and O–H groups in total. The Hall–Kier alpha value is -0.610. The fourth-order valence-electron chi connectivity index (χ4n) is 4.22. The standard InChI is InChI=1S/C16H28N2O2/c1-17-10-2-6-14(17)15-7-3-11-18(15)16(19)9-8-13-5-4-12-20-13/h13-15H,2-12H2,1H3/t13-,14-,15+/m1/s1. The zero-order valence-electron chi connectivity index (χ0n) is 12.7. The minimum Gasteiger partial charge on any atom is -0.378 e. The first-order chi connectivity index (χ1) is 9.75. The number of amides is 1. The molecule has 3 atom stereocenters. The number of nitrogens with zero attached hydrogens (tertiary/aromatic N) is 2. The molecule has 0 aromatic carbocycles. The van der Waals surface area contributed by atoms with Crippen molar-refractivity contribution in [2.45, 2.75) is 69.6 Å². The van der Waals surface area contributed by atoms with Crippen LogP contribution in [0, 0.1) is 0 Å². The van der Waals surface area contributed by atoms with Crippen molar-refractivity contribution in [1.82, 2.24) is 9.80 Å². The van der Waals surface area contributed by atoms with Crippen LogP contribution < -0.4 is 0 Å². The zero-order valence-corrected chi connectivity index (χ0v) is 12.7. The first kappa shape index (κ1) is 14.3. The molecule has 0 unspecified atom stereocenters. The molecule has 114 valence electrons. The van der Waals surface area contributed by atoms with E-state index in [1.54, 1.807) is 0 Å². The van der Waals surface area contributed by atoms with Crippen molar-refractivity contribution in [3.8, 4) is 0 Å². The van der Waals surface area contributed by atoms with Crippen LogP contribution in [0.1, 0.15) is 51.4 Å². The van der Waals surface area contributed by atoms with Crippen molar-refractivity contribution in [2.24, 2.45) is 0 Å². The third-order valence-corrected chi connectivity index (χ3v) is 5.34. The summed E-state index contributed by atoms with van der Waals surface area (Å²) in [5, 5.41) is 0. The molecule has 3 rings (SSSR count). The Balaban J connectivity index is 1.52. The topological polar surface area (TPSA) is 32.8 Å². The van der Waals surface area contributed by atoms with Gasteiger partial charge < -0.3 is 14.5 Å². The third-order valence-electron chi connectivity index (χ3n) is 5.34. The highest BCUT2D eigenvalue weighted by atomic mass is 16.5. The molecule has 4 nitrogen and oxygen atoms in total. The maximum absolute atomic E-state index is 12.5. The Morgan fingerprint density at radius 3 is 2.60 bits per heavy atom. The second-order valence-electron chi connectivity index (χ2n) is 6.66. The highest BCUT2D eigenvalue weighted by Crippen LogP contribution is 2.30. The van der Waals surface area contributed by atoms with Gasteiger partial charge in [-0.1, -0.05) is 0 Å². The lowest BCUT2D eigenvalue weighted by molar-refractivity contribution is -0.133. The van der Waals surface area contributed by atoms with Crippen molar-refractivity contribution in [3.63, 3.8) is 0 Å². The molecule has 0 spiro atoms. The van der Waals surface area contributed by atoms with Crippen molar-refractivity contribution >= 4 is 5.91 Å². The Bertz CT molecular complexity index is 341. The predicted molar refractivity (Wildman–Crippen MR) is 78.6 cm³/mol. The SMILES string of the molecule is CN1CCC[C@@H]1[C@@H]1CCCN1C(=O)CC[C@H]1CCCO1. The van der Waals surface area contributed by atoms with Crippen LogP contribution in [0.4, 0.5) is 0 Å². The number of ether oxygens (including phenoxy) is 1. The van der Waals surface area contributed by atoms with Gasteiger partial charge in [0, 0.05) is 31.7 Å². The highest BCUT2D eigenvalue weighted by molar-refractivity contribution is 5.77. The van der Waals surface area contributed by atoms with Gasteiger partial charge in [0.2, 0.25) is 5.91 Å². The molecule has 3 fully saturated rings. The normalized spacial score (nSPS) is 35.0. The Morgan fingerprint density at radius 2 is 1.90 bits per heavy atom. The highest BCUT2D eigenvalue weighted by Gasteiger charge is 2.38. The van der Waals surface area contributed by atoms with Crippen molar-refractivity contribution in [3.05, 3.63) is 0 Å². The maximum Gasteiger partial charge on any atom is 0.222 e. The average Bonchev–Trinajstić information content (AvgIpc) is 3.16. The van der Waals surface area contributed by atoms with Gasteiger partial charge in [0.15, 0.2) is 0 Å². The molecule has 20 heavy (non-hydrogen) atoms. The summed E-state index contributed by atoms with van der Waals surface area (Å²) < 4.78 is 5.63. The number of hydrogen-bond acceptors (Lipinski definition) is 3. The van der Waals surface area contributed by atoms with E-state index in [2.05, 4.69) is 16.8 Å². The number of hydrogen-bond donors (Lipinski definition) is 0. The van der Waals surface area contributed by atoms with E-state index in [1.165, 1.54) is 32.2 Å². The van der Waals surface area contributed by atoms with Gasteiger partial charge in [-0.15, -0.1) is 0 Å². The van der Waals surface area contributed by atoms with Gasteiger partial charge in [0.25, 0.3) is 0 Å². The molecule has 0 aliphatic carbocycles. The van der Waals surface area contributed by atoms with Crippen LogP contribution >= 0.6 is 0 Å². The minimum absolute atomic E-state index is 0.342. The number of likely N-dealkylation sites (tertiary alicyclic amines) is 2. The predicted octanol–water partition coefficient (Wildman–Crippen LogP) is 2.03. The summed E-state index contributed by atoms with van der Waals surface area (Å²) in [5.74, 6) is 0.364. The van der Waals surface area contributed by atoms with Crippen LogP contribution in [0.15, 0.2) is 0 Å². The first-order valence-electron chi connectivity index (χ1n) is 8.37. The largest absolute Gasteiger partial charge is 0.378 e. The van der Waals surface area contributed by atoms with E-state index in [-0.39, 0.29) is 0 Å². The van der Waals surface area contributed by atoms with Gasteiger partial charge in [-0.25, -0.2) is 0 Å². The molecule has 3 aliphatic rings. The zero-order chi connectivity index (χ0) is 13.9. The van der Waals surface area contributed by atoms with E-state index < -0.39 is 0 Å². The molecular weight excluding hydrogens is 252 g/mol. The second-order valence-corrected chi connectivity index (χ2v) is 6.66. The van der Waals surface area contributed by atoms with Crippen LogP contribution in [0.3, 0.4) is 0 Å². The van der Waals surface area contributed by atoms with E-state index in [0.29, 0.717) is 30.5 Å². The average molecular weight is 280 g/mol. The van der Waals surface area contributed by atoms with E-state index in [4.69, 9.17) is 4.74 Å². The number of likely N-dealkylation sites (N-methyl/N-ethyl adjacent to an activating group) is 1. The monoisotopic (exact) mass is 280 g/mol. The van der Waals surface area contributed by atoms with Crippen LogP contribution in [-0.4, -0.2) is 60.6 Å². The fourth-order valence-corrected chi connectivity index (χ4v) is 4.22. The second kappa shape index (κ2) is 6.44. The first-order valence-corrected chi connectivity index (χ1v) is 8.37. The third kappa shape index (κ3) is 3.01. The van der Waals surface area contributed by atoms with E-state index in [9.17, 15) is 4.79 Å². The molecule has 3 aliphatic heterocycles. The quantitative estimate of drug-likeness (QED) is 0.790. The molecule has 4 heteroatoms. The van der Waals surface area contributed by atoms with Crippen molar-refractivity contribution in [1.29, 1.82) is 0 Å². The van der Waals surface area contributed by atoms with Crippen LogP contribution in [0.5, 0.6) is 0 Å². The molecule has 0 aromatic rings. The van der Waals surface area contributed by atoms with Crippen molar-refractivity contribution < 1.29 is 9.53 Å². The smallest absolute Gasteiger partial charge is 0.222 e. The number of rotatable bonds is 4. The molecule has 0 radical (unpaired) electrons. The van der Waals surface area contributed by atoms with E-state index >= 15 is 0 Å². The van der Waals surface area contributed by atoms with Crippen LogP contribution in [0.25, 0.3) is 0 Å². The summed E-state index contributed by atoms with van der Waals surface area (Å²) in [5.41, 5.74) is 0. The molecule has 3 saturated heterocycles. The van der Waals surface area contributed by atoms with Gasteiger partial charge in [-0.05, 0) is 58.5 Å². The fraction of sp³-hybridized carbons (Fsp3) is 0.938. The molecule has 0 aromatic heterocycles. The van der Waals surface area contributed by atoms with E-state index in [1.807, 2.05) is 0 Å². The van der Waals surface area contributed by atoms with Gasteiger partial charge >= 0.3 is 0 Å². The lowest BCUT2D eigenvalue weighted by Gasteiger charge is -2.33. The lowest BCUT2D eigenvalue weighted by atomic mass is 10.0. The molecule has 1 amide bonds. The van der Waals surface area contributed by atoms with Gasteiger partial charge in [-0.2, -0.15) is 0 Å². The van der Waals surface area contributed by atoms with Crippen LogP contribution in [0.2, 0.25) is 0 Å². The summed E-state index contributed by atoms with van der Waals surface area (Å²) in [6.07, 6.45) is 9.17. The summed E-state index contributed by atoms with van der Waals surface area (Å²) in [4.78, 5) is 17.2. The molecule has 0 saturated carbocycles.